The quantitative estimate of drug-likeness (QED) is 0.0377. The van der Waals surface area contributed by atoms with Gasteiger partial charge in [-0.05, 0) is 196 Å². The number of carbonyl (C=O) groups excluding carboxylic acids is 2. The molecular weight excluding hydrogens is 1730 g/mol. The Balaban J connectivity index is 0.000000109. The lowest BCUT2D eigenvalue weighted by Gasteiger charge is -2.09. The minimum atomic E-state index is -0.293. The van der Waals surface area contributed by atoms with Crippen molar-refractivity contribution in [2.75, 3.05) is 16.4 Å². The first-order valence-electron chi connectivity index (χ1n) is 44.0. The highest BCUT2D eigenvalue weighted by Gasteiger charge is 2.24. The van der Waals surface area contributed by atoms with E-state index in [0.717, 1.165) is 182 Å². The Hall–Kier alpha value is -18.5. The molecule has 24 rings (SSSR count). The molecule has 137 heavy (non-hydrogen) atoms. The number of rotatable bonds is 17. The molecular formula is C108H79F4N23O2. The number of hydrogen-bond donors (Lipinski definition) is 11. The van der Waals surface area contributed by atoms with Crippen LogP contribution in [0.3, 0.4) is 0 Å². The second-order valence-corrected chi connectivity index (χ2v) is 33.2. The van der Waals surface area contributed by atoms with Crippen LogP contribution >= 0.6 is 0 Å². The van der Waals surface area contributed by atoms with Crippen LogP contribution in [-0.4, -0.2) is 112 Å². The minimum absolute atomic E-state index is 0.0333. The third-order valence-electron chi connectivity index (χ3n) is 23.5. The standard InChI is InChI=1S/C30H25FN6O.C28H21FN6O.C25H17FN6.C25H16FN5/c1-17(2)11-27(38)33-22-13-20(15-32-16-22)18-9-10-25-24(14-18)29(37-36-25)30-34-26-8-4-7-23(28(26)35-30)19-5-3-6-21(31)12-19;1-2-25(36)31-20-12-18(14-30-15-20)16-9-10-23-22(13-16)27(35-34-23)28-32-24-8-4-7-21(26(24)33-28)17-5-3-6-19(29)11-17;26-17-4-1-3-15(9-17)19-5-2-6-22-23(19)30-25(29-22)24-20-11-14(7-8-21(20)31-32-24)16-10-18(27)13-28-12-16;26-18-6-1-4-16(12-18)19-7-2-8-22-23(19)29-25(28-22)24-20-13-15(9-10-21(20)30-31-24)17-5-3-11-27-14-17/h3-10,12-17H,11H2,1-2H3,(H,33,38)(H,34,35)(H,36,37);3-15H,2H2,1H3,(H,31,36)(H,32,33)(H,34,35);1-13H,27H2,(H,29,30)(H,31,32);1-14H,(H,28,29)(H,30,31). The number of nitrogens with two attached hydrogens (primary N) is 1. The van der Waals surface area contributed by atoms with Gasteiger partial charge in [-0.3, -0.25) is 49.9 Å². The van der Waals surface area contributed by atoms with Crippen LogP contribution in [0.4, 0.5) is 34.6 Å². The Kier molecular flexibility index (Phi) is 22.8. The van der Waals surface area contributed by atoms with Gasteiger partial charge >= 0.3 is 0 Å². The Bertz CT molecular complexity index is 8730. The number of benzene rings is 12. The summed E-state index contributed by atoms with van der Waals surface area (Å²) in [5.41, 5.74) is 34.7. The molecule has 12 heterocycles. The number of aromatic amines is 8. The molecule has 25 nitrogen and oxygen atoms in total. The summed E-state index contributed by atoms with van der Waals surface area (Å²) in [6, 6.07) is 83.1. The number of carbonyl (C=O) groups is 2. The average molecular weight is 1810 g/mol. The van der Waals surface area contributed by atoms with Crippen LogP contribution in [0.5, 0.6) is 0 Å². The number of aromatic nitrogens is 20. The summed E-state index contributed by atoms with van der Waals surface area (Å²) in [6.45, 7) is 5.83. The van der Waals surface area contributed by atoms with Crippen molar-refractivity contribution in [2.45, 2.75) is 33.6 Å². The predicted molar refractivity (Wildman–Crippen MR) is 531 cm³/mol. The molecule has 29 heteroatoms. The SMILES string of the molecule is CC(C)CC(=O)Nc1cncc(-c2ccc3[nH]nc(-c4nc5c(-c6cccc(F)c6)cccc5[nH]4)c3c2)c1.CCC(=O)Nc1cncc(-c2ccc3[nH]nc(-c4nc5c(-c6cccc(F)c6)cccc5[nH]4)c3c2)c1.Fc1cccc(-c2cccc3[nH]c(-c4n[nH]c5ccc(-c6cccnc6)cc45)nc23)c1.Nc1cncc(-c2ccc3[nH]nc(-c4nc5c(-c6cccc(F)c6)cccc5[nH]4)c3c2)c1. The van der Waals surface area contributed by atoms with Gasteiger partial charge < -0.3 is 36.3 Å². The number of nitrogens with one attached hydrogen (secondary N) is 10. The first-order valence-corrected chi connectivity index (χ1v) is 44.0. The molecule has 0 aliphatic carbocycles. The third-order valence-corrected chi connectivity index (χ3v) is 23.5. The molecule has 2 amide bonds. The van der Waals surface area contributed by atoms with E-state index >= 15 is 0 Å². The van der Waals surface area contributed by atoms with Crippen molar-refractivity contribution in [3.63, 3.8) is 0 Å². The van der Waals surface area contributed by atoms with Crippen LogP contribution in [0.1, 0.15) is 33.6 Å². The number of halogens is 4. The van der Waals surface area contributed by atoms with Gasteiger partial charge in [0.15, 0.2) is 23.3 Å². The smallest absolute Gasteiger partial charge is 0.224 e. The fourth-order valence-corrected chi connectivity index (χ4v) is 16.9. The van der Waals surface area contributed by atoms with Crippen LogP contribution in [0.15, 0.2) is 323 Å². The maximum absolute atomic E-state index is 13.9. The Morgan fingerprint density at radius 1 is 0.307 bits per heavy atom. The van der Waals surface area contributed by atoms with Gasteiger partial charge in [0.1, 0.15) is 46.0 Å². The molecule has 0 atom stereocenters. The van der Waals surface area contributed by atoms with Crippen molar-refractivity contribution in [3.8, 4) is 135 Å². The molecule has 12 aromatic heterocycles. The maximum atomic E-state index is 13.9. The van der Waals surface area contributed by atoms with Crippen LogP contribution < -0.4 is 16.4 Å². The van der Waals surface area contributed by atoms with Crippen LogP contribution in [0, 0.1) is 29.2 Å². The van der Waals surface area contributed by atoms with E-state index < -0.39 is 0 Å². The fourth-order valence-electron chi connectivity index (χ4n) is 16.9. The lowest BCUT2D eigenvalue weighted by molar-refractivity contribution is -0.117. The van der Waals surface area contributed by atoms with Crippen molar-refractivity contribution in [3.05, 3.63) is 346 Å². The largest absolute Gasteiger partial charge is 0.397 e. The number of anilines is 3. The number of nitrogen functional groups attached to an aromatic ring is 1. The second kappa shape index (κ2) is 36.7. The first-order chi connectivity index (χ1) is 66.9. The fraction of sp³-hybridized carbons (Fsp3) is 0.0556. The summed E-state index contributed by atoms with van der Waals surface area (Å²) in [4.78, 5) is 73.9. The molecule has 0 saturated carbocycles. The number of H-pyrrole nitrogens is 8. The number of hydrogen-bond acceptors (Lipinski definition) is 15. The van der Waals surface area contributed by atoms with E-state index in [9.17, 15) is 27.2 Å². The van der Waals surface area contributed by atoms with Crippen molar-refractivity contribution in [2.24, 2.45) is 5.92 Å². The minimum Gasteiger partial charge on any atom is -0.397 e. The highest BCUT2D eigenvalue weighted by molar-refractivity contribution is 6.05. The maximum Gasteiger partial charge on any atom is 0.224 e. The van der Waals surface area contributed by atoms with E-state index in [2.05, 4.69) is 97.4 Å². The van der Waals surface area contributed by atoms with Gasteiger partial charge in [0.2, 0.25) is 11.8 Å². The molecule has 0 aliphatic rings. The molecule has 0 radical (unpaired) electrons. The zero-order valence-corrected chi connectivity index (χ0v) is 73.4. The van der Waals surface area contributed by atoms with E-state index in [0.29, 0.717) is 70.3 Å². The highest BCUT2D eigenvalue weighted by atomic mass is 19.1. The van der Waals surface area contributed by atoms with Gasteiger partial charge in [-0.1, -0.05) is 148 Å². The third kappa shape index (κ3) is 17.7. The number of para-hydroxylation sites is 4. The summed E-state index contributed by atoms with van der Waals surface area (Å²) in [7, 11) is 0. The van der Waals surface area contributed by atoms with Gasteiger partial charge in [-0.15, -0.1) is 0 Å². The molecule has 0 aliphatic heterocycles. The number of amides is 2. The molecule has 24 aromatic rings. The van der Waals surface area contributed by atoms with Gasteiger partial charge in [-0.2, -0.15) is 20.4 Å². The highest BCUT2D eigenvalue weighted by Crippen LogP contribution is 2.41. The summed E-state index contributed by atoms with van der Waals surface area (Å²) < 4.78 is 55.4. The summed E-state index contributed by atoms with van der Waals surface area (Å²) in [5, 5.41) is 39.9. The monoisotopic (exact) mass is 1810 g/mol. The Morgan fingerprint density at radius 3 is 0.927 bits per heavy atom. The van der Waals surface area contributed by atoms with Gasteiger partial charge in [0.25, 0.3) is 0 Å². The number of fused-ring (bicyclic) bond motifs is 8. The predicted octanol–water partition coefficient (Wildman–Crippen LogP) is 24.8. The van der Waals surface area contributed by atoms with Crippen LogP contribution in [0.2, 0.25) is 0 Å². The lowest BCUT2D eigenvalue weighted by atomic mass is 10.0. The number of pyridine rings is 4. The molecule has 0 fully saturated rings. The molecule has 12 aromatic carbocycles. The van der Waals surface area contributed by atoms with Crippen molar-refractivity contribution < 1.29 is 27.2 Å². The van der Waals surface area contributed by atoms with Crippen LogP contribution in [0.25, 0.3) is 223 Å². The van der Waals surface area contributed by atoms with E-state index in [1.165, 1.54) is 48.5 Å². The van der Waals surface area contributed by atoms with E-state index in [-0.39, 0.29) is 41.0 Å². The van der Waals surface area contributed by atoms with Crippen molar-refractivity contribution >= 4 is 117 Å². The molecule has 0 unspecified atom stereocenters. The van der Waals surface area contributed by atoms with Gasteiger partial charge in [0.05, 0.1) is 95.7 Å². The van der Waals surface area contributed by atoms with E-state index in [1.54, 1.807) is 74.6 Å². The zero-order valence-electron chi connectivity index (χ0n) is 73.4. The topological polar surface area (TPSA) is 365 Å². The van der Waals surface area contributed by atoms with E-state index in [4.69, 9.17) is 25.7 Å². The first kappa shape index (κ1) is 85.3. The lowest BCUT2D eigenvalue weighted by Crippen LogP contribution is -2.13. The average Bonchev–Trinajstić information content (AvgIpc) is 1.63. The number of nitrogens with zero attached hydrogens (tertiary/aromatic N) is 12. The molecule has 12 N–H and O–H groups in total. The Morgan fingerprint density at radius 2 is 0.613 bits per heavy atom. The molecule has 0 saturated heterocycles. The van der Waals surface area contributed by atoms with Crippen molar-refractivity contribution in [1.29, 1.82) is 0 Å². The Labute approximate surface area is 776 Å². The molecule has 0 spiro atoms. The van der Waals surface area contributed by atoms with Crippen LogP contribution in [-0.2, 0) is 9.59 Å². The zero-order chi connectivity index (χ0) is 93.3. The van der Waals surface area contributed by atoms with E-state index in [1.807, 2.05) is 214 Å². The number of imidazole rings is 4. The normalized spacial score (nSPS) is 11.4. The molecule has 666 valence electrons. The summed E-state index contributed by atoms with van der Waals surface area (Å²) in [5.74, 6) is 1.56. The summed E-state index contributed by atoms with van der Waals surface area (Å²) >= 11 is 0. The summed E-state index contributed by atoms with van der Waals surface area (Å²) in [6.07, 6.45) is 14.7. The van der Waals surface area contributed by atoms with Crippen molar-refractivity contribution in [1.82, 2.24) is 101 Å². The second-order valence-electron chi connectivity index (χ2n) is 33.2. The van der Waals surface area contributed by atoms with Gasteiger partial charge in [0, 0.05) is 116 Å². The van der Waals surface area contributed by atoms with Gasteiger partial charge in [-0.25, -0.2) is 37.5 Å². The molecule has 0 bridgehead atoms.